The van der Waals surface area contributed by atoms with Crippen molar-refractivity contribution < 1.29 is 9.84 Å². The third-order valence-electron chi connectivity index (χ3n) is 4.18. The second kappa shape index (κ2) is 6.79. The first-order chi connectivity index (χ1) is 10.1. The van der Waals surface area contributed by atoms with E-state index in [1.807, 2.05) is 0 Å². The van der Waals surface area contributed by atoms with Gasteiger partial charge in [-0.25, -0.2) is 0 Å². The van der Waals surface area contributed by atoms with Crippen LogP contribution < -0.4 is 4.74 Å². The number of likely N-dealkylation sites (N-methyl/N-ethyl adjacent to an activating group) is 1. The average molecular weight is 289 g/mol. The highest BCUT2D eigenvalue weighted by Gasteiger charge is 2.31. The Kier molecular flexibility index (Phi) is 5.05. The molecule has 2 unspecified atom stereocenters. The number of hydrogen-bond acceptors (Lipinski definition) is 5. The van der Waals surface area contributed by atoms with Gasteiger partial charge < -0.3 is 14.7 Å². The normalized spacial score (nSPS) is 21.7. The van der Waals surface area contributed by atoms with Crippen molar-refractivity contribution in [3.05, 3.63) is 23.8 Å². The van der Waals surface area contributed by atoms with E-state index < -0.39 is 0 Å². The summed E-state index contributed by atoms with van der Waals surface area (Å²) in [7, 11) is 3.63. The maximum atomic E-state index is 9.70. The van der Waals surface area contributed by atoms with E-state index in [-0.39, 0.29) is 11.8 Å². The van der Waals surface area contributed by atoms with E-state index >= 15 is 0 Å². The molecule has 0 radical (unpaired) electrons. The van der Waals surface area contributed by atoms with Crippen LogP contribution in [0.5, 0.6) is 11.5 Å². The molecule has 1 N–H and O–H groups in total. The molecule has 0 bridgehead atoms. The van der Waals surface area contributed by atoms with E-state index in [1.165, 1.54) is 7.11 Å². The van der Waals surface area contributed by atoms with Crippen molar-refractivity contribution in [2.24, 2.45) is 0 Å². The largest absolute Gasteiger partial charge is 0.504 e. The zero-order valence-electron chi connectivity index (χ0n) is 12.9. The number of nitriles is 1. The second-order valence-electron chi connectivity index (χ2n) is 5.53. The van der Waals surface area contributed by atoms with Crippen molar-refractivity contribution in [3.8, 4) is 17.6 Å². The fraction of sp³-hybridized carbons (Fsp3) is 0.562. The Bertz CT molecular complexity index is 527. The number of aromatic hydroxyl groups is 1. The molecule has 21 heavy (non-hydrogen) atoms. The lowest BCUT2D eigenvalue weighted by Gasteiger charge is -2.42. The fourth-order valence-corrected chi connectivity index (χ4v) is 2.93. The molecule has 1 aromatic rings. The van der Waals surface area contributed by atoms with E-state index in [0.717, 1.165) is 31.6 Å². The van der Waals surface area contributed by atoms with Crippen LogP contribution in [-0.4, -0.2) is 54.7 Å². The molecule has 2 rings (SSSR count). The molecule has 1 fully saturated rings. The summed E-state index contributed by atoms with van der Waals surface area (Å²) in [5.74, 6) is 0.512. The van der Waals surface area contributed by atoms with E-state index in [2.05, 4.69) is 29.8 Å². The third-order valence-corrected chi connectivity index (χ3v) is 4.18. The Hall–Kier alpha value is -1.77. The first-order valence-corrected chi connectivity index (χ1v) is 7.31. The number of hydrogen-bond donors (Lipinski definition) is 1. The van der Waals surface area contributed by atoms with Crippen LogP contribution in [0.2, 0.25) is 0 Å². The van der Waals surface area contributed by atoms with Gasteiger partial charge in [-0.15, -0.1) is 0 Å². The molecule has 0 amide bonds. The van der Waals surface area contributed by atoms with Crippen molar-refractivity contribution in [3.63, 3.8) is 0 Å². The molecule has 1 saturated heterocycles. The summed E-state index contributed by atoms with van der Waals surface area (Å²) in [5, 5.41) is 19.3. The topological polar surface area (TPSA) is 59.7 Å². The molecule has 0 saturated carbocycles. The molecule has 1 aliphatic heterocycles. The van der Waals surface area contributed by atoms with Gasteiger partial charge in [-0.05, 0) is 31.2 Å². The SMILES string of the molecule is CCC1CN(C)CCN1C(C#N)c1ccc(O)c(OC)c1. The first-order valence-electron chi connectivity index (χ1n) is 7.31. The number of benzene rings is 1. The van der Waals surface area contributed by atoms with Crippen LogP contribution >= 0.6 is 0 Å². The second-order valence-corrected chi connectivity index (χ2v) is 5.53. The van der Waals surface area contributed by atoms with Crippen LogP contribution in [0.1, 0.15) is 24.9 Å². The summed E-state index contributed by atoms with van der Waals surface area (Å²) in [6.45, 7) is 4.97. The van der Waals surface area contributed by atoms with Gasteiger partial charge in [-0.1, -0.05) is 13.0 Å². The minimum atomic E-state index is -0.307. The van der Waals surface area contributed by atoms with E-state index in [1.54, 1.807) is 18.2 Å². The summed E-state index contributed by atoms with van der Waals surface area (Å²) in [6.07, 6.45) is 1.01. The molecule has 5 nitrogen and oxygen atoms in total. The molecule has 114 valence electrons. The zero-order chi connectivity index (χ0) is 15.4. The van der Waals surface area contributed by atoms with Gasteiger partial charge in [0.15, 0.2) is 11.5 Å². The van der Waals surface area contributed by atoms with Crippen LogP contribution in [0, 0.1) is 11.3 Å². The Morgan fingerprint density at radius 2 is 2.24 bits per heavy atom. The van der Waals surface area contributed by atoms with Gasteiger partial charge in [0, 0.05) is 25.7 Å². The van der Waals surface area contributed by atoms with E-state index in [9.17, 15) is 10.4 Å². The Morgan fingerprint density at radius 3 is 2.86 bits per heavy atom. The minimum absolute atomic E-state index is 0.100. The van der Waals surface area contributed by atoms with Gasteiger partial charge in [-0.2, -0.15) is 5.26 Å². The highest BCUT2D eigenvalue weighted by Crippen LogP contribution is 2.32. The lowest BCUT2D eigenvalue weighted by Crippen LogP contribution is -2.52. The zero-order valence-corrected chi connectivity index (χ0v) is 12.9. The molecule has 1 aliphatic rings. The van der Waals surface area contributed by atoms with Gasteiger partial charge in [0.1, 0.15) is 6.04 Å². The Balaban J connectivity index is 2.29. The van der Waals surface area contributed by atoms with Crippen molar-refractivity contribution in [1.82, 2.24) is 9.80 Å². The fourth-order valence-electron chi connectivity index (χ4n) is 2.93. The number of ether oxygens (including phenoxy) is 1. The Labute approximate surface area is 126 Å². The van der Waals surface area contributed by atoms with Gasteiger partial charge in [-0.3, -0.25) is 4.90 Å². The van der Waals surface area contributed by atoms with Gasteiger partial charge in [0.2, 0.25) is 0 Å². The molecule has 2 atom stereocenters. The van der Waals surface area contributed by atoms with Gasteiger partial charge >= 0.3 is 0 Å². The molecule has 0 spiro atoms. The smallest absolute Gasteiger partial charge is 0.160 e. The summed E-state index contributed by atoms with van der Waals surface area (Å²) in [5.41, 5.74) is 0.871. The molecule has 1 heterocycles. The molecule has 5 heteroatoms. The first kappa shape index (κ1) is 15.6. The number of methoxy groups -OCH3 is 1. The highest BCUT2D eigenvalue weighted by atomic mass is 16.5. The summed E-state index contributed by atoms with van der Waals surface area (Å²) in [6, 6.07) is 7.62. The van der Waals surface area contributed by atoms with E-state index in [4.69, 9.17) is 4.74 Å². The lowest BCUT2D eigenvalue weighted by molar-refractivity contribution is 0.0675. The van der Waals surface area contributed by atoms with Crippen molar-refractivity contribution >= 4 is 0 Å². The third kappa shape index (κ3) is 3.29. The quantitative estimate of drug-likeness (QED) is 0.918. The summed E-state index contributed by atoms with van der Waals surface area (Å²) >= 11 is 0. The summed E-state index contributed by atoms with van der Waals surface area (Å²) < 4.78 is 5.15. The van der Waals surface area contributed by atoms with Crippen LogP contribution in [0.4, 0.5) is 0 Å². The standard InChI is InChI=1S/C16H23N3O2/c1-4-13-11-18(2)7-8-19(13)14(10-17)12-5-6-15(20)16(9-12)21-3/h5-6,9,13-14,20H,4,7-8,11H2,1-3H3. The highest BCUT2D eigenvalue weighted by molar-refractivity contribution is 5.43. The number of nitrogens with zero attached hydrogens (tertiary/aromatic N) is 3. The van der Waals surface area contributed by atoms with Gasteiger partial charge in [0.05, 0.1) is 13.2 Å². The monoisotopic (exact) mass is 289 g/mol. The molecule has 0 aromatic heterocycles. The number of phenols is 1. The minimum Gasteiger partial charge on any atom is -0.504 e. The van der Waals surface area contributed by atoms with Crippen molar-refractivity contribution in [1.29, 1.82) is 5.26 Å². The Morgan fingerprint density at radius 1 is 1.48 bits per heavy atom. The van der Waals surface area contributed by atoms with Crippen LogP contribution in [0.25, 0.3) is 0 Å². The van der Waals surface area contributed by atoms with Crippen LogP contribution in [0.15, 0.2) is 18.2 Å². The number of rotatable bonds is 4. The maximum absolute atomic E-state index is 9.70. The number of phenolic OH excluding ortho intramolecular Hbond substituents is 1. The predicted octanol–water partition coefficient (Wildman–Crippen LogP) is 1.99. The maximum Gasteiger partial charge on any atom is 0.160 e. The predicted molar refractivity (Wildman–Crippen MR) is 81.3 cm³/mol. The molecule has 0 aliphatic carbocycles. The number of piperazine rings is 1. The molecule has 1 aromatic carbocycles. The van der Waals surface area contributed by atoms with Gasteiger partial charge in [0.25, 0.3) is 0 Å². The van der Waals surface area contributed by atoms with Crippen LogP contribution in [-0.2, 0) is 0 Å². The lowest BCUT2D eigenvalue weighted by atomic mass is 10.0. The van der Waals surface area contributed by atoms with Crippen molar-refractivity contribution in [2.75, 3.05) is 33.8 Å². The molecular weight excluding hydrogens is 266 g/mol. The average Bonchev–Trinajstić information content (AvgIpc) is 2.50. The van der Waals surface area contributed by atoms with E-state index in [0.29, 0.717) is 11.8 Å². The van der Waals surface area contributed by atoms with Crippen LogP contribution in [0.3, 0.4) is 0 Å². The molecular formula is C16H23N3O2. The summed E-state index contributed by atoms with van der Waals surface area (Å²) in [4.78, 5) is 4.56. The van der Waals surface area contributed by atoms with Crippen molar-refractivity contribution in [2.45, 2.75) is 25.4 Å².